The molecule has 0 saturated carbocycles. The molecule has 0 bridgehead atoms. The van der Waals surface area contributed by atoms with E-state index in [1.54, 1.807) is 4.90 Å². The number of hydrogen-bond acceptors (Lipinski definition) is 3. The van der Waals surface area contributed by atoms with Gasteiger partial charge in [-0.2, -0.15) is 0 Å². The number of rotatable bonds is 7. The Morgan fingerprint density at radius 3 is 2.11 bits per heavy atom. The molecule has 0 aromatic carbocycles. The highest BCUT2D eigenvalue weighted by molar-refractivity contribution is 5.85. The smallest absolute Gasteiger partial charge is 0.328 e. The first kappa shape index (κ1) is 17.7. The maximum absolute atomic E-state index is 12.1. The summed E-state index contributed by atoms with van der Waals surface area (Å²) in [5.74, 6) is -0.709. The van der Waals surface area contributed by atoms with Crippen LogP contribution in [0.4, 0.5) is 4.79 Å². The predicted molar refractivity (Wildman–Crippen MR) is 75.2 cm³/mol. The Bertz CT molecular complexity index is 314. The lowest BCUT2D eigenvalue weighted by atomic mass is 10.1. The molecule has 19 heavy (non-hydrogen) atoms. The van der Waals surface area contributed by atoms with Gasteiger partial charge in [0.15, 0.2) is 0 Å². The topological polar surface area (TPSA) is 72.9 Å². The van der Waals surface area contributed by atoms with Gasteiger partial charge in [-0.3, -0.25) is 0 Å². The van der Waals surface area contributed by atoms with Crippen molar-refractivity contribution >= 4 is 12.0 Å². The van der Waals surface area contributed by atoms with Crippen LogP contribution in [0.25, 0.3) is 0 Å². The van der Waals surface area contributed by atoms with Crippen molar-refractivity contribution in [2.75, 3.05) is 33.7 Å². The van der Waals surface area contributed by atoms with Crippen LogP contribution in [0.1, 0.15) is 27.7 Å². The van der Waals surface area contributed by atoms with Crippen molar-refractivity contribution in [3.63, 3.8) is 0 Å². The van der Waals surface area contributed by atoms with Crippen LogP contribution in [0.3, 0.4) is 0 Å². The highest BCUT2D eigenvalue weighted by Gasteiger charge is 2.30. The summed E-state index contributed by atoms with van der Waals surface area (Å²) in [5.41, 5.74) is -1.26. The molecular weight excluding hydrogens is 246 g/mol. The van der Waals surface area contributed by atoms with Crippen molar-refractivity contribution in [1.29, 1.82) is 0 Å². The number of carboxylic acids is 1. The van der Waals surface area contributed by atoms with Gasteiger partial charge in [0.1, 0.15) is 5.54 Å². The Morgan fingerprint density at radius 2 is 1.74 bits per heavy atom. The number of hydrogen-bond donors (Lipinski definition) is 2. The molecule has 0 unspecified atom stereocenters. The molecule has 0 aromatic rings. The number of urea groups is 1. The van der Waals surface area contributed by atoms with E-state index in [-0.39, 0.29) is 6.03 Å². The van der Waals surface area contributed by atoms with Gasteiger partial charge >= 0.3 is 12.0 Å². The van der Waals surface area contributed by atoms with E-state index in [4.69, 9.17) is 5.11 Å². The summed E-state index contributed by atoms with van der Waals surface area (Å²) < 4.78 is 0. The summed E-state index contributed by atoms with van der Waals surface area (Å²) in [5, 5.41) is 11.6. The van der Waals surface area contributed by atoms with Crippen molar-refractivity contribution < 1.29 is 14.7 Å². The molecule has 0 radical (unpaired) electrons. The standard InChI is InChI=1S/C13H27N3O3/c1-10(2)9-16(8-7-15(5)6)12(19)14-13(3,4)11(17)18/h10H,7-9H2,1-6H3,(H,14,19)(H,17,18). The molecule has 0 aliphatic rings. The maximum Gasteiger partial charge on any atom is 0.328 e. The fourth-order valence-electron chi connectivity index (χ4n) is 1.44. The Labute approximate surface area is 115 Å². The van der Waals surface area contributed by atoms with Crippen molar-refractivity contribution in [3.8, 4) is 0 Å². The lowest BCUT2D eigenvalue weighted by molar-refractivity contribution is -0.143. The number of carbonyl (C=O) groups excluding carboxylic acids is 1. The fraction of sp³-hybridized carbons (Fsp3) is 0.846. The molecule has 0 fully saturated rings. The highest BCUT2D eigenvalue weighted by atomic mass is 16.4. The minimum atomic E-state index is -1.26. The van der Waals surface area contributed by atoms with E-state index in [1.807, 2.05) is 32.8 Å². The van der Waals surface area contributed by atoms with Crippen LogP contribution in [-0.4, -0.2) is 66.2 Å². The first-order chi connectivity index (χ1) is 8.56. The lowest BCUT2D eigenvalue weighted by Crippen LogP contribution is -2.55. The van der Waals surface area contributed by atoms with Crippen LogP contribution in [0.2, 0.25) is 0 Å². The van der Waals surface area contributed by atoms with Gasteiger partial charge in [0.05, 0.1) is 0 Å². The molecule has 0 heterocycles. The van der Waals surface area contributed by atoms with Gasteiger partial charge in [0.2, 0.25) is 0 Å². The van der Waals surface area contributed by atoms with Gasteiger partial charge in [-0.25, -0.2) is 9.59 Å². The highest BCUT2D eigenvalue weighted by Crippen LogP contribution is 2.06. The lowest BCUT2D eigenvalue weighted by Gasteiger charge is -2.30. The molecular formula is C13H27N3O3. The fourth-order valence-corrected chi connectivity index (χ4v) is 1.44. The van der Waals surface area contributed by atoms with Gasteiger partial charge in [-0.1, -0.05) is 13.8 Å². The Morgan fingerprint density at radius 1 is 1.21 bits per heavy atom. The van der Waals surface area contributed by atoms with E-state index in [2.05, 4.69) is 5.32 Å². The third kappa shape index (κ3) is 7.00. The molecule has 2 amide bonds. The second-order valence-electron chi connectivity index (χ2n) is 6.00. The Kier molecular flexibility index (Phi) is 6.83. The Hall–Kier alpha value is -1.30. The largest absolute Gasteiger partial charge is 0.480 e. The molecule has 2 N–H and O–H groups in total. The number of nitrogens with zero attached hydrogens (tertiary/aromatic N) is 2. The zero-order valence-corrected chi connectivity index (χ0v) is 12.9. The third-order valence-electron chi connectivity index (χ3n) is 2.64. The van der Waals surface area contributed by atoms with Gasteiger partial charge in [-0.05, 0) is 33.9 Å². The van der Waals surface area contributed by atoms with E-state index < -0.39 is 11.5 Å². The monoisotopic (exact) mass is 273 g/mol. The first-order valence-electron chi connectivity index (χ1n) is 6.51. The number of amides is 2. The molecule has 0 atom stereocenters. The minimum Gasteiger partial charge on any atom is -0.480 e. The predicted octanol–water partition coefficient (Wildman–Crippen LogP) is 1.08. The molecule has 0 aliphatic heterocycles. The van der Waals surface area contributed by atoms with Crippen LogP contribution in [0, 0.1) is 5.92 Å². The molecule has 0 aliphatic carbocycles. The molecule has 0 saturated heterocycles. The second-order valence-corrected chi connectivity index (χ2v) is 6.00. The normalized spacial score (nSPS) is 11.8. The van der Waals surface area contributed by atoms with Crippen LogP contribution in [0.5, 0.6) is 0 Å². The number of likely N-dealkylation sites (N-methyl/N-ethyl adjacent to an activating group) is 1. The summed E-state index contributed by atoms with van der Waals surface area (Å²) in [6, 6.07) is -0.331. The molecule has 0 rings (SSSR count). The average molecular weight is 273 g/mol. The van der Waals surface area contributed by atoms with Crippen LogP contribution < -0.4 is 5.32 Å². The maximum atomic E-state index is 12.1. The first-order valence-corrected chi connectivity index (χ1v) is 6.51. The number of aliphatic carboxylic acids is 1. The molecule has 6 nitrogen and oxygen atoms in total. The average Bonchev–Trinajstić information content (AvgIpc) is 2.22. The third-order valence-corrected chi connectivity index (χ3v) is 2.64. The summed E-state index contributed by atoms with van der Waals surface area (Å²) in [6.07, 6.45) is 0. The van der Waals surface area contributed by atoms with E-state index in [0.717, 1.165) is 6.54 Å². The molecule has 112 valence electrons. The Balaban J connectivity index is 4.66. The molecule has 6 heteroatoms. The van der Waals surface area contributed by atoms with Crippen LogP contribution >= 0.6 is 0 Å². The quantitative estimate of drug-likeness (QED) is 0.728. The zero-order chi connectivity index (χ0) is 15.2. The van der Waals surface area contributed by atoms with E-state index in [9.17, 15) is 9.59 Å². The van der Waals surface area contributed by atoms with E-state index in [0.29, 0.717) is 19.0 Å². The van der Waals surface area contributed by atoms with Crippen LogP contribution in [-0.2, 0) is 4.79 Å². The van der Waals surface area contributed by atoms with Crippen molar-refractivity contribution in [3.05, 3.63) is 0 Å². The van der Waals surface area contributed by atoms with Gasteiger partial charge < -0.3 is 20.2 Å². The summed E-state index contributed by atoms with van der Waals surface area (Å²) in [4.78, 5) is 26.8. The number of carbonyl (C=O) groups is 2. The van der Waals surface area contributed by atoms with Crippen LogP contribution in [0.15, 0.2) is 0 Å². The van der Waals surface area contributed by atoms with Crippen molar-refractivity contribution in [2.24, 2.45) is 5.92 Å². The molecule has 0 aromatic heterocycles. The SMILES string of the molecule is CC(C)CN(CCN(C)C)C(=O)NC(C)(C)C(=O)O. The van der Waals surface area contributed by atoms with Crippen molar-refractivity contribution in [1.82, 2.24) is 15.1 Å². The number of nitrogens with one attached hydrogen (secondary N) is 1. The van der Waals surface area contributed by atoms with Gasteiger partial charge in [-0.15, -0.1) is 0 Å². The van der Waals surface area contributed by atoms with E-state index in [1.165, 1.54) is 13.8 Å². The van der Waals surface area contributed by atoms with Crippen molar-refractivity contribution in [2.45, 2.75) is 33.2 Å². The zero-order valence-electron chi connectivity index (χ0n) is 12.9. The van der Waals surface area contributed by atoms with Gasteiger partial charge in [0.25, 0.3) is 0 Å². The summed E-state index contributed by atoms with van der Waals surface area (Å²) in [6.45, 7) is 8.94. The second kappa shape index (κ2) is 7.33. The minimum absolute atomic E-state index is 0.331. The van der Waals surface area contributed by atoms with Gasteiger partial charge in [0, 0.05) is 19.6 Å². The van der Waals surface area contributed by atoms with E-state index >= 15 is 0 Å². The summed E-state index contributed by atoms with van der Waals surface area (Å²) in [7, 11) is 3.87. The molecule has 0 spiro atoms. The summed E-state index contributed by atoms with van der Waals surface area (Å²) >= 11 is 0. The number of carboxylic acid groups (broad SMARTS) is 1.